The maximum absolute atomic E-state index is 13.0. The van der Waals surface area contributed by atoms with E-state index in [1.807, 2.05) is 30.3 Å². The molecule has 3 rings (SSSR count). The number of likely N-dealkylation sites (tertiary alicyclic amines) is 1. The van der Waals surface area contributed by atoms with Crippen LogP contribution in [0.3, 0.4) is 0 Å². The quantitative estimate of drug-likeness (QED) is 0.628. The van der Waals surface area contributed by atoms with Crippen LogP contribution in [0.1, 0.15) is 44.6 Å². The van der Waals surface area contributed by atoms with Crippen molar-refractivity contribution in [2.24, 2.45) is 5.92 Å². The molecule has 3 N–H and O–H groups in total. The van der Waals surface area contributed by atoms with Gasteiger partial charge in [0.2, 0.25) is 5.91 Å². The molecule has 2 fully saturated rings. The lowest BCUT2D eigenvalue weighted by atomic mass is 10.0. The molecule has 1 heterocycles. The van der Waals surface area contributed by atoms with Gasteiger partial charge in [-0.1, -0.05) is 36.8 Å². The molecule has 0 spiro atoms. The first kappa shape index (κ1) is 20.3. The van der Waals surface area contributed by atoms with Crippen LogP contribution in [0.5, 0.6) is 0 Å². The third-order valence-corrected chi connectivity index (χ3v) is 6.06. The van der Waals surface area contributed by atoms with Crippen molar-refractivity contribution in [3.63, 3.8) is 0 Å². The Kier molecular flexibility index (Phi) is 6.34. The number of carbonyl (C=O) groups is 3. The summed E-state index contributed by atoms with van der Waals surface area (Å²) in [6, 6.07) is 7.13. The van der Waals surface area contributed by atoms with E-state index in [0.29, 0.717) is 19.3 Å². The van der Waals surface area contributed by atoms with E-state index in [1.54, 1.807) is 6.92 Å². The van der Waals surface area contributed by atoms with Crippen molar-refractivity contribution in [3.8, 4) is 0 Å². The van der Waals surface area contributed by atoms with Crippen molar-refractivity contribution in [1.29, 1.82) is 0 Å². The highest BCUT2D eigenvalue weighted by molar-refractivity contribution is 5.88. The summed E-state index contributed by atoms with van der Waals surface area (Å²) in [6.45, 7) is 1.63. The predicted octanol–water partition coefficient (Wildman–Crippen LogP) is 1.90. The van der Waals surface area contributed by atoms with E-state index >= 15 is 0 Å². The minimum atomic E-state index is -1.01. The molecule has 152 valence electrons. The zero-order chi connectivity index (χ0) is 20.3. The number of rotatable bonds is 8. The van der Waals surface area contributed by atoms with Gasteiger partial charge in [-0.25, -0.2) is 4.79 Å². The number of carboxylic acid groups (broad SMARTS) is 2. The van der Waals surface area contributed by atoms with Crippen molar-refractivity contribution in [1.82, 2.24) is 10.2 Å². The Bertz CT molecular complexity index is 723. The van der Waals surface area contributed by atoms with Crippen molar-refractivity contribution in [3.05, 3.63) is 35.9 Å². The smallest absolute Gasteiger partial charge is 0.326 e. The zero-order valence-electron chi connectivity index (χ0n) is 16.1. The normalized spacial score (nSPS) is 25.9. The summed E-state index contributed by atoms with van der Waals surface area (Å²) in [6.07, 6.45) is 4.21. The van der Waals surface area contributed by atoms with Crippen molar-refractivity contribution < 1.29 is 24.6 Å². The average molecular weight is 388 g/mol. The molecule has 5 atom stereocenters. The van der Waals surface area contributed by atoms with Crippen LogP contribution in [-0.4, -0.2) is 57.1 Å². The zero-order valence-corrected chi connectivity index (χ0v) is 16.1. The van der Waals surface area contributed by atoms with Gasteiger partial charge >= 0.3 is 11.9 Å². The third-order valence-electron chi connectivity index (χ3n) is 6.06. The monoisotopic (exact) mass is 388 g/mol. The van der Waals surface area contributed by atoms with Crippen LogP contribution in [0.2, 0.25) is 0 Å². The highest BCUT2D eigenvalue weighted by Gasteiger charge is 2.49. The lowest BCUT2D eigenvalue weighted by Gasteiger charge is -2.31. The number of benzene rings is 1. The van der Waals surface area contributed by atoms with E-state index in [9.17, 15) is 24.6 Å². The maximum atomic E-state index is 13.0. The number of hydrogen-bond donors (Lipinski definition) is 3. The van der Waals surface area contributed by atoms with Gasteiger partial charge in [-0.2, -0.15) is 0 Å². The third kappa shape index (κ3) is 4.35. The van der Waals surface area contributed by atoms with Gasteiger partial charge in [0.05, 0.1) is 6.04 Å². The fraction of sp³-hybridized carbons (Fsp3) is 0.571. The first-order chi connectivity index (χ1) is 13.4. The number of nitrogens with one attached hydrogen (secondary N) is 1. The number of carbonyl (C=O) groups excluding carboxylic acids is 1. The van der Waals surface area contributed by atoms with E-state index in [4.69, 9.17) is 0 Å². The number of amides is 1. The Labute approximate surface area is 164 Å². The van der Waals surface area contributed by atoms with E-state index in [0.717, 1.165) is 24.8 Å². The number of aliphatic carboxylic acids is 2. The molecule has 0 radical (unpaired) electrons. The van der Waals surface area contributed by atoms with Crippen LogP contribution in [-0.2, 0) is 20.8 Å². The molecule has 1 amide bonds. The molecule has 1 aromatic rings. The molecule has 2 aliphatic rings. The summed E-state index contributed by atoms with van der Waals surface area (Å²) >= 11 is 0. The Morgan fingerprint density at radius 2 is 1.89 bits per heavy atom. The summed E-state index contributed by atoms with van der Waals surface area (Å²) < 4.78 is 0. The summed E-state index contributed by atoms with van der Waals surface area (Å²) in [5.41, 5.74) is 1.04. The minimum absolute atomic E-state index is 0.0366. The average Bonchev–Trinajstić information content (AvgIpc) is 3.26. The summed E-state index contributed by atoms with van der Waals surface area (Å²) in [7, 11) is 0. The lowest BCUT2D eigenvalue weighted by molar-refractivity contribution is -0.151. The van der Waals surface area contributed by atoms with Gasteiger partial charge in [-0.3, -0.25) is 14.9 Å². The van der Waals surface area contributed by atoms with Gasteiger partial charge in [0.25, 0.3) is 0 Å². The fourth-order valence-corrected chi connectivity index (χ4v) is 4.66. The number of carboxylic acids is 2. The fourth-order valence-electron chi connectivity index (χ4n) is 4.66. The first-order valence-corrected chi connectivity index (χ1v) is 9.96. The molecule has 1 aliphatic heterocycles. The number of fused-ring (bicyclic) bond motifs is 1. The molecule has 0 bridgehead atoms. The Hall–Kier alpha value is -2.41. The second-order valence-electron chi connectivity index (χ2n) is 7.90. The topological polar surface area (TPSA) is 107 Å². The van der Waals surface area contributed by atoms with Gasteiger partial charge in [0.15, 0.2) is 0 Å². The Morgan fingerprint density at radius 1 is 1.18 bits per heavy atom. The highest BCUT2D eigenvalue weighted by atomic mass is 16.4. The second kappa shape index (κ2) is 8.73. The molecule has 7 heteroatoms. The summed E-state index contributed by atoms with van der Waals surface area (Å²) in [5.74, 6) is -2.06. The Morgan fingerprint density at radius 3 is 2.54 bits per heavy atom. The summed E-state index contributed by atoms with van der Waals surface area (Å²) in [5, 5.41) is 22.0. The first-order valence-electron chi connectivity index (χ1n) is 9.96. The van der Waals surface area contributed by atoms with E-state index < -0.39 is 30.1 Å². The van der Waals surface area contributed by atoms with Gasteiger partial charge in [0.1, 0.15) is 12.1 Å². The Balaban J connectivity index is 1.65. The molecule has 7 nitrogen and oxygen atoms in total. The lowest BCUT2D eigenvalue weighted by Crippen LogP contribution is -2.55. The minimum Gasteiger partial charge on any atom is -0.480 e. The van der Waals surface area contributed by atoms with Gasteiger partial charge in [-0.05, 0) is 50.5 Å². The van der Waals surface area contributed by atoms with E-state index in [1.165, 1.54) is 4.90 Å². The van der Waals surface area contributed by atoms with Crippen LogP contribution < -0.4 is 5.32 Å². The largest absolute Gasteiger partial charge is 0.480 e. The molecular weight excluding hydrogens is 360 g/mol. The number of nitrogens with zero attached hydrogens (tertiary/aromatic N) is 1. The molecule has 1 aliphatic carbocycles. The molecule has 1 saturated carbocycles. The standard InChI is InChI=1S/C21H28N2O5/c1-13(22-16(20(25)26)11-10-14-6-3-2-4-7-14)19(24)23-17-9-5-8-15(17)12-18(23)21(27)28/h2-4,6-7,13,15-18,22H,5,8-12H2,1H3,(H,25,26)(H,27,28). The van der Waals surface area contributed by atoms with Gasteiger partial charge in [-0.15, -0.1) is 0 Å². The maximum Gasteiger partial charge on any atom is 0.326 e. The molecule has 5 unspecified atom stereocenters. The highest BCUT2D eigenvalue weighted by Crippen LogP contribution is 2.41. The van der Waals surface area contributed by atoms with Crippen molar-refractivity contribution >= 4 is 17.8 Å². The van der Waals surface area contributed by atoms with Gasteiger partial charge < -0.3 is 15.1 Å². The number of aryl methyl sites for hydroxylation is 1. The van der Waals surface area contributed by atoms with Crippen molar-refractivity contribution in [2.75, 3.05) is 0 Å². The second-order valence-corrected chi connectivity index (χ2v) is 7.90. The molecular formula is C21H28N2O5. The van der Waals surface area contributed by atoms with Crippen LogP contribution in [0.25, 0.3) is 0 Å². The van der Waals surface area contributed by atoms with Crippen LogP contribution in [0.15, 0.2) is 30.3 Å². The summed E-state index contributed by atoms with van der Waals surface area (Å²) in [4.78, 5) is 37.9. The SMILES string of the molecule is CC(NC(CCc1ccccc1)C(=O)O)C(=O)N1C(C(=O)O)CC2CCCC21. The number of hydrogen-bond acceptors (Lipinski definition) is 4. The molecule has 0 aromatic heterocycles. The molecule has 1 aromatic carbocycles. The van der Waals surface area contributed by atoms with Crippen LogP contribution in [0.4, 0.5) is 0 Å². The predicted molar refractivity (Wildman–Crippen MR) is 103 cm³/mol. The van der Waals surface area contributed by atoms with E-state index in [-0.39, 0.29) is 17.9 Å². The molecule has 28 heavy (non-hydrogen) atoms. The van der Waals surface area contributed by atoms with Crippen LogP contribution >= 0.6 is 0 Å². The van der Waals surface area contributed by atoms with Crippen LogP contribution in [0, 0.1) is 5.92 Å². The van der Waals surface area contributed by atoms with E-state index in [2.05, 4.69) is 5.32 Å². The van der Waals surface area contributed by atoms with Gasteiger partial charge in [0, 0.05) is 6.04 Å². The van der Waals surface area contributed by atoms with Crippen molar-refractivity contribution in [2.45, 2.75) is 69.6 Å². The molecule has 1 saturated heterocycles.